The molecule has 4 aliphatic rings. The molecule has 2 saturated carbocycles. The molecular weight excluding hydrogens is 763 g/mol. The van der Waals surface area contributed by atoms with Crippen LogP contribution in [-0.4, -0.2) is 56.6 Å². The van der Waals surface area contributed by atoms with Gasteiger partial charge >= 0.3 is 0 Å². The van der Waals surface area contributed by atoms with Gasteiger partial charge in [-0.25, -0.2) is 19.9 Å². The number of unbranched alkanes of at least 4 members (excludes halogenated alkanes) is 1. The third-order valence-electron chi connectivity index (χ3n) is 13.8. The quantitative estimate of drug-likeness (QED) is 0.106. The van der Waals surface area contributed by atoms with Gasteiger partial charge in [-0.15, -0.1) is 22.7 Å². The second kappa shape index (κ2) is 19.6. The number of aryl methyl sites for hydroxylation is 6. The number of thiophene rings is 2. The maximum atomic E-state index is 4.65. The lowest BCUT2D eigenvalue weighted by Crippen LogP contribution is -2.39. The van der Waals surface area contributed by atoms with E-state index in [9.17, 15) is 0 Å². The fourth-order valence-corrected chi connectivity index (χ4v) is 12.9. The first-order valence-electron chi connectivity index (χ1n) is 23.0. The first kappa shape index (κ1) is 40.5. The molecule has 0 spiro atoms. The van der Waals surface area contributed by atoms with Crippen molar-refractivity contribution in [1.29, 1.82) is 0 Å². The summed E-state index contributed by atoms with van der Waals surface area (Å²) < 4.78 is 0. The van der Waals surface area contributed by atoms with E-state index < -0.39 is 0 Å². The van der Waals surface area contributed by atoms with Crippen molar-refractivity contribution < 1.29 is 0 Å². The van der Waals surface area contributed by atoms with Crippen LogP contribution < -0.4 is 10.6 Å². The monoisotopic (exact) mass is 825 g/mol. The maximum Gasteiger partial charge on any atom is 0.138 e. The van der Waals surface area contributed by atoms with Crippen LogP contribution >= 0.6 is 22.7 Å². The molecule has 4 aliphatic carbocycles. The molecule has 59 heavy (non-hydrogen) atoms. The summed E-state index contributed by atoms with van der Waals surface area (Å²) >= 11 is 3.76. The maximum absolute atomic E-state index is 4.65. The summed E-state index contributed by atoms with van der Waals surface area (Å²) in [6.07, 6.45) is 28.9. The zero-order valence-electron chi connectivity index (χ0n) is 35.1. The van der Waals surface area contributed by atoms with E-state index in [4.69, 9.17) is 0 Å². The lowest BCUT2D eigenvalue weighted by molar-refractivity contribution is 0.185. The van der Waals surface area contributed by atoms with Gasteiger partial charge in [-0.2, -0.15) is 0 Å². The number of nitrogens with one attached hydrogen (secondary N) is 2. The minimum Gasteiger partial charge on any atom is -0.367 e. The van der Waals surface area contributed by atoms with Crippen molar-refractivity contribution in [3.63, 3.8) is 0 Å². The van der Waals surface area contributed by atoms with E-state index in [0.717, 1.165) is 23.6 Å². The van der Waals surface area contributed by atoms with Gasteiger partial charge in [0.1, 0.15) is 34.0 Å². The fraction of sp³-hybridized carbons (Fsp3) is 0.520. The van der Waals surface area contributed by atoms with E-state index >= 15 is 0 Å². The van der Waals surface area contributed by atoms with Crippen molar-refractivity contribution in [3.8, 4) is 0 Å². The first-order valence-corrected chi connectivity index (χ1v) is 24.6. The van der Waals surface area contributed by atoms with Crippen LogP contribution in [0.5, 0.6) is 0 Å². The SMILES string of the molecule is CN(CCCc1ccccc1)C1CCC(Nc2ncnc3sc4c(c23)CCC4)CC1.c1ccc(CCCCC2CCC(Nc3ncnc4sc5c(c34)CCC5)CC2)cc1. The zero-order valence-corrected chi connectivity index (χ0v) is 36.8. The van der Waals surface area contributed by atoms with E-state index in [1.807, 2.05) is 22.7 Å². The van der Waals surface area contributed by atoms with Crippen LogP contribution in [0.4, 0.5) is 11.6 Å². The van der Waals surface area contributed by atoms with E-state index in [2.05, 4.69) is 103 Å². The molecule has 4 heterocycles. The van der Waals surface area contributed by atoms with Crippen molar-refractivity contribution >= 4 is 54.7 Å². The van der Waals surface area contributed by atoms with E-state index in [1.54, 1.807) is 17.5 Å². The van der Waals surface area contributed by atoms with Crippen molar-refractivity contribution in [3.05, 3.63) is 105 Å². The Morgan fingerprint density at radius 2 is 1.08 bits per heavy atom. The van der Waals surface area contributed by atoms with E-state index in [-0.39, 0.29) is 0 Å². The van der Waals surface area contributed by atoms with Crippen molar-refractivity contribution in [1.82, 2.24) is 24.8 Å². The summed E-state index contributed by atoms with van der Waals surface area (Å²) in [4.78, 5) is 26.4. The van der Waals surface area contributed by atoms with Gasteiger partial charge in [-0.1, -0.05) is 73.5 Å². The molecule has 9 heteroatoms. The third-order valence-corrected chi connectivity index (χ3v) is 16.2. The van der Waals surface area contributed by atoms with Gasteiger partial charge in [0.25, 0.3) is 0 Å². The summed E-state index contributed by atoms with van der Waals surface area (Å²) in [5.74, 6) is 3.10. The molecule has 0 bridgehead atoms. The van der Waals surface area contributed by atoms with Crippen LogP contribution in [0.2, 0.25) is 0 Å². The van der Waals surface area contributed by atoms with Crippen LogP contribution in [0.1, 0.15) is 122 Å². The zero-order chi connectivity index (χ0) is 39.8. The van der Waals surface area contributed by atoms with Gasteiger partial charge in [0.2, 0.25) is 0 Å². The topological polar surface area (TPSA) is 78.9 Å². The highest BCUT2D eigenvalue weighted by molar-refractivity contribution is 7.19. The van der Waals surface area contributed by atoms with Crippen LogP contribution in [0.25, 0.3) is 20.4 Å². The Labute approximate surface area is 359 Å². The number of anilines is 2. The first-order chi connectivity index (χ1) is 29.1. The molecule has 6 aromatic rings. The van der Waals surface area contributed by atoms with Gasteiger partial charge < -0.3 is 15.5 Å². The van der Waals surface area contributed by atoms with Crippen LogP contribution in [0, 0.1) is 5.92 Å². The minimum absolute atomic E-state index is 0.536. The lowest BCUT2D eigenvalue weighted by Gasteiger charge is -2.35. The van der Waals surface area contributed by atoms with Crippen LogP contribution in [-0.2, 0) is 38.5 Å². The lowest BCUT2D eigenvalue weighted by atomic mass is 9.83. The molecule has 310 valence electrons. The van der Waals surface area contributed by atoms with Gasteiger partial charge in [0, 0.05) is 27.9 Å². The fourth-order valence-electron chi connectivity index (χ4n) is 10.5. The van der Waals surface area contributed by atoms with Crippen LogP contribution in [0.15, 0.2) is 73.3 Å². The molecule has 0 aliphatic heterocycles. The average molecular weight is 826 g/mol. The Morgan fingerprint density at radius 3 is 1.63 bits per heavy atom. The summed E-state index contributed by atoms with van der Waals surface area (Å²) in [7, 11) is 2.31. The summed E-state index contributed by atoms with van der Waals surface area (Å²) in [5, 5.41) is 10.2. The summed E-state index contributed by atoms with van der Waals surface area (Å²) in [6, 6.07) is 23.6. The predicted octanol–water partition coefficient (Wildman–Crippen LogP) is 12.0. The standard InChI is InChI=1S/C25H32N4S.C25H31N3S/c1-29(16-6-9-18-7-3-2-4-8-18)20-14-12-19(13-15-20)28-24-23-21-10-5-11-22(21)30-25(23)27-17-26-24;1-2-7-18(8-3-1)9-4-5-10-19-13-15-20(16-14-19)28-24-23-21-11-6-12-22(21)29-25(23)27-17-26-24/h2-4,7-8,17,19-20H,5-6,9-16H2,1H3,(H,26,27,28);1-3,7-8,17,19-20H,4-6,9-16H2,(H,26,27,28). The van der Waals surface area contributed by atoms with Crippen molar-refractivity contribution in [2.45, 2.75) is 147 Å². The summed E-state index contributed by atoms with van der Waals surface area (Å²) in [5.41, 5.74) is 5.98. The highest BCUT2D eigenvalue weighted by Gasteiger charge is 2.28. The van der Waals surface area contributed by atoms with E-state index in [1.165, 1.54) is 183 Å². The summed E-state index contributed by atoms with van der Waals surface area (Å²) in [6.45, 7) is 1.19. The highest BCUT2D eigenvalue weighted by Crippen LogP contribution is 2.41. The number of hydrogen-bond acceptors (Lipinski definition) is 9. The van der Waals surface area contributed by atoms with Crippen molar-refractivity contribution in [2.75, 3.05) is 24.2 Å². The molecular formula is C50H63N7S2. The number of rotatable bonds is 14. The molecule has 0 unspecified atom stereocenters. The Balaban J connectivity index is 0.000000152. The average Bonchev–Trinajstić information content (AvgIpc) is 4.07. The Hall–Kier alpha value is -3.92. The van der Waals surface area contributed by atoms with E-state index in [0.29, 0.717) is 12.1 Å². The molecule has 0 amide bonds. The molecule has 0 radical (unpaired) electrons. The number of aromatic nitrogens is 4. The largest absolute Gasteiger partial charge is 0.367 e. The third kappa shape index (κ3) is 10.0. The Morgan fingerprint density at radius 1 is 0.576 bits per heavy atom. The molecule has 0 saturated heterocycles. The second-order valence-corrected chi connectivity index (χ2v) is 20.0. The smallest absolute Gasteiger partial charge is 0.138 e. The molecule has 2 aromatic carbocycles. The molecule has 7 nitrogen and oxygen atoms in total. The second-order valence-electron chi connectivity index (χ2n) is 17.8. The van der Waals surface area contributed by atoms with Gasteiger partial charge in [0.05, 0.1) is 10.8 Å². The predicted molar refractivity (Wildman–Crippen MR) is 249 cm³/mol. The number of fused-ring (bicyclic) bond motifs is 6. The molecule has 10 rings (SSSR count). The van der Waals surface area contributed by atoms with Gasteiger partial charge in [0.15, 0.2) is 0 Å². The van der Waals surface area contributed by atoms with Crippen molar-refractivity contribution in [2.24, 2.45) is 5.92 Å². The van der Waals surface area contributed by atoms with Gasteiger partial charge in [-0.3, -0.25) is 0 Å². The van der Waals surface area contributed by atoms with Gasteiger partial charge in [-0.05, 0) is 157 Å². The Bertz CT molecular complexity index is 2240. The minimum atomic E-state index is 0.536. The number of hydrogen-bond donors (Lipinski definition) is 2. The molecule has 0 atom stereocenters. The highest BCUT2D eigenvalue weighted by atomic mass is 32.1. The normalized spacial score (nSPS) is 21.3. The number of benzene rings is 2. The molecule has 2 N–H and O–H groups in total. The molecule has 2 fully saturated rings. The molecule has 4 aromatic heterocycles. The van der Waals surface area contributed by atoms with Crippen LogP contribution in [0.3, 0.4) is 0 Å². The number of nitrogens with zero attached hydrogens (tertiary/aromatic N) is 5. The Kier molecular flexibility index (Phi) is 13.5.